The summed E-state index contributed by atoms with van der Waals surface area (Å²) in [4.78, 5) is 5.21. The van der Waals surface area contributed by atoms with Crippen LogP contribution < -0.4 is 5.32 Å². The summed E-state index contributed by atoms with van der Waals surface area (Å²) in [5.41, 5.74) is 0. The van der Waals surface area contributed by atoms with Crippen LogP contribution >= 0.6 is 0 Å². The van der Waals surface area contributed by atoms with E-state index in [1.165, 1.54) is 65.0 Å². The van der Waals surface area contributed by atoms with Gasteiger partial charge in [0.05, 0.1) is 0 Å². The van der Waals surface area contributed by atoms with Crippen molar-refractivity contribution in [3.63, 3.8) is 0 Å². The second kappa shape index (κ2) is 7.61. The topological polar surface area (TPSA) is 18.5 Å². The maximum absolute atomic E-state index is 3.77. The van der Waals surface area contributed by atoms with Crippen LogP contribution in [0.15, 0.2) is 0 Å². The van der Waals surface area contributed by atoms with Crippen molar-refractivity contribution in [3.05, 3.63) is 0 Å². The summed E-state index contributed by atoms with van der Waals surface area (Å²) in [5.74, 6) is 0.960. The first-order chi connectivity index (χ1) is 9.15. The molecule has 0 aromatic heterocycles. The van der Waals surface area contributed by atoms with Gasteiger partial charge in [0.15, 0.2) is 0 Å². The van der Waals surface area contributed by atoms with E-state index in [0.29, 0.717) is 6.04 Å². The Kier molecular flexibility index (Phi) is 6.11. The highest BCUT2D eigenvalue weighted by Crippen LogP contribution is 2.23. The second-order valence-corrected chi connectivity index (χ2v) is 6.88. The molecule has 2 rings (SSSR count). The molecule has 3 heteroatoms. The fourth-order valence-electron chi connectivity index (χ4n) is 3.39. The minimum atomic E-state index is 0.713. The molecule has 2 fully saturated rings. The average molecular weight is 267 g/mol. The summed E-state index contributed by atoms with van der Waals surface area (Å²) >= 11 is 0. The van der Waals surface area contributed by atoms with Gasteiger partial charge in [-0.15, -0.1) is 0 Å². The van der Waals surface area contributed by atoms with Gasteiger partial charge in [-0.1, -0.05) is 6.92 Å². The van der Waals surface area contributed by atoms with Gasteiger partial charge in [0.2, 0.25) is 0 Å². The maximum Gasteiger partial charge on any atom is 0.0113 e. The van der Waals surface area contributed by atoms with Gasteiger partial charge in [-0.2, -0.15) is 0 Å². The fourth-order valence-corrected chi connectivity index (χ4v) is 3.39. The van der Waals surface area contributed by atoms with E-state index in [4.69, 9.17) is 0 Å². The van der Waals surface area contributed by atoms with E-state index < -0.39 is 0 Å². The quantitative estimate of drug-likeness (QED) is 0.824. The number of hydrogen-bond donors (Lipinski definition) is 1. The van der Waals surface area contributed by atoms with Gasteiger partial charge >= 0.3 is 0 Å². The predicted molar refractivity (Wildman–Crippen MR) is 82.6 cm³/mol. The van der Waals surface area contributed by atoms with Crippen LogP contribution in [0.2, 0.25) is 0 Å². The maximum atomic E-state index is 3.77. The van der Waals surface area contributed by atoms with E-state index in [-0.39, 0.29) is 0 Å². The van der Waals surface area contributed by atoms with Crippen LogP contribution in [-0.4, -0.2) is 61.2 Å². The molecule has 1 saturated heterocycles. The second-order valence-electron chi connectivity index (χ2n) is 6.88. The molecule has 0 radical (unpaired) electrons. The van der Waals surface area contributed by atoms with Crippen molar-refractivity contribution < 1.29 is 0 Å². The SMILES string of the molecule is CC1CCC(NCCN2CCN(C(C)C)CC2)CC1. The van der Waals surface area contributed by atoms with E-state index in [1.807, 2.05) is 0 Å². The third-order valence-corrected chi connectivity index (χ3v) is 5.01. The lowest BCUT2D eigenvalue weighted by molar-refractivity contribution is 0.108. The van der Waals surface area contributed by atoms with E-state index in [0.717, 1.165) is 12.0 Å². The normalized spacial score (nSPS) is 30.9. The van der Waals surface area contributed by atoms with Crippen LogP contribution in [-0.2, 0) is 0 Å². The van der Waals surface area contributed by atoms with E-state index in [9.17, 15) is 0 Å². The lowest BCUT2D eigenvalue weighted by atomic mass is 9.87. The van der Waals surface area contributed by atoms with Crippen molar-refractivity contribution in [1.82, 2.24) is 15.1 Å². The molecule has 0 amide bonds. The Bertz CT molecular complexity index is 238. The van der Waals surface area contributed by atoms with Crippen molar-refractivity contribution in [2.45, 2.75) is 58.5 Å². The van der Waals surface area contributed by atoms with Crippen LogP contribution in [0.25, 0.3) is 0 Å². The Labute approximate surface area is 119 Å². The minimum Gasteiger partial charge on any atom is -0.313 e. The lowest BCUT2D eigenvalue weighted by Crippen LogP contribution is -2.50. The Morgan fingerprint density at radius 1 is 1.00 bits per heavy atom. The highest BCUT2D eigenvalue weighted by Gasteiger charge is 2.20. The first-order valence-electron chi connectivity index (χ1n) is 8.35. The summed E-state index contributed by atoms with van der Waals surface area (Å²) in [5, 5.41) is 3.77. The van der Waals surface area contributed by atoms with Crippen LogP contribution in [0.3, 0.4) is 0 Å². The smallest absolute Gasteiger partial charge is 0.0113 e. The van der Waals surface area contributed by atoms with Crippen molar-refractivity contribution in [2.75, 3.05) is 39.3 Å². The van der Waals surface area contributed by atoms with E-state index in [1.54, 1.807) is 0 Å². The molecule has 0 aromatic carbocycles. The lowest BCUT2D eigenvalue weighted by Gasteiger charge is -2.37. The molecule has 19 heavy (non-hydrogen) atoms. The van der Waals surface area contributed by atoms with Crippen molar-refractivity contribution in [2.24, 2.45) is 5.92 Å². The molecule has 0 aromatic rings. The fraction of sp³-hybridized carbons (Fsp3) is 1.00. The summed E-state index contributed by atoms with van der Waals surface area (Å²) in [6.07, 6.45) is 5.63. The summed E-state index contributed by atoms with van der Waals surface area (Å²) in [6.45, 7) is 14.4. The molecular weight excluding hydrogens is 234 g/mol. The molecular formula is C16H33N3. The Morgan fingerprint density at radius 3 is 2.21 bits per heavy atom. The highest BCUT2D eigenvalue weighted by molar-refractivity contribution is 4.78. The number of nitrogens with zero attached hydrogens (tertiary/aromatic N) is 2. The van der Waals surface area contributed by atoms with Crippen molar-refractivity contribution >= 4 is 0 Å². The number of piperazine rings is 1. The van der Waals surface area contributed by atoms with Crippen molar-refractivity contribution in [1.29, 1.82) is 0 Å². The van der Waals surface area contributed by atoms with Crippen LogP contribution in [0.1, 0.15) is 46.5 Å². The zero-order valence-electron chi connectivity index (χ0n) is 13.2. The Balaban J connectivity index is 1.54. The number of nitrogens with one attached hydrogen (secondary N) is 1. The first-order valence-corrected chi connectivity index (χ1v) is 8.35. The van der Waals surface area contributed by atoms with Gasteiger partial charge in [-0.3, -0.25) is 9.80 Å². The third-order valence-electron chi connectivity index (χ3n) is 5.01. The Morgan fingerprint density at radius 2 is 1.63 bits per heavy atom. The minimum absolute atomic E-state index is 0.713. The molecule has 0 spiro atoms. The van der Waals surface area contributed by atoms with Crippen LogP contribution in [0, 0.1) is 5.92 Å². The number of hydrogen-bond acceptors (Lipinski definition) is 3. The van der Waals surface area contributed by atoms with Crippen LogP contribution in [0.5, 0.6) is 0 Å². The van der Waals surface area contributed by atoms with Gasteiger partial charge in [-0.05, 0) is 45.4 Å². The van der Waals surface area contributed by atoms with Gasteiger partial charge in [-0.25, -0.2) is 0 Å². The molecule has 2 aliphatic rings. The molecule has 1 N–H and O–H groups in total. The molecule has 0 unspecified atom stereocenters. The predicted octanol–water partition coefficient (Wildman–Crippen LogP) is 2.18. The summed E-state index contributed by atoms with van der Waals surface area (Å²) in [7, 11) is 0. The largest absolute Gasteiger partial charge is 0.313 e. The van der Waals surface area contributed by atoms with Gasteiger partial charge in [0, 0.05) is 51.4 Å². The molecule has 1 aliphatic carbocycles. The molecule has 1 heterocycles. The van der Waals surface area contributed by atoms with Crippen molar-refractivity contribution in [3.8, 4) is 0 Å². The molecule has 0 bridgehead atoms. The van der Waals surface area contributed by atoms with Gasteiger partial charge in [0.25, 0.3) is 0 Å². The molecule has 112 valence electrons. The molecule has 0 atom stereocenters. The summed E-state index contributed by atoms with van der Waals surface area (Å²) in [6, 6.07) is 1.51. The zero-order valence-corrected chi connectivity index (χ0v) is 13.2. The number of rotatable bonds is 5. The Hall–Kier alpha value is -0.120. The van der Waals surface area contributed by atoms with E-state index >= 15 is 0 Å². The highest BCUT2D eigenvalue weighted by atomic mass is 15.3. The zero-order chi connectivity index (χ0) is 13.7. The molecule has 1 aliphatic heterocycles. The first kappa shape index (κ1) is 15.3. The monoisotopic (exact) mass is 267 g/mol. The van der Waals surface area contributed by atoms with E-state index in [2.05, 4.69) is 35.9 Å². The average Bonchev–Trinajstić information content (AvgIpc) is 2.41. The van der Waals surface area contributed by atoms with Crippen LogP contribution in [0.4, 0.5) is 0 Å². The summed E-state index contributed by atoms with van der Waals surface area (Å²) < 4.78 is 0. The standard InChI is InChI=1S/C16H33N3/c1-14(2)19-12-10-18(11-13-19)9-8-17-16-6-4-15(3)5-7-16/h14-17H,4-13H2,1-3H3. The molecule has 1 saturated carbocycles. The molecule has 3 nitrogen and oxygen atoms in total. The van der Waals surface area contributed by atoms with Gasteiger partial charge < -0.3 is 5.32 Å². The van der Waals surface area contributed by atoms with Gasteiger partial charge in [0.1, 0.15) is 0 Å². The third kappa shape index (κ3) is 5.05.